The predicted octanol–water partition coefficient (Wildman–Crippen LogP) is 2.49. The lowest BCUT2D eigenvalue weighted by atomic mass is 10.1. The number of pyridine rings is 1. The number of anilines is 1. The van der Waals surface area contributed by atoms with Crippen LogP contribution < -0.4 is 10.3 Å². The topological polar surface area (TPSA) is 95.1 Å². The number of benzene rings is 1. The van der Waals surface area contributed by atoms with E-state index in [1.165, 1.54) is 9.47 Å². The number of carbonyl (C=O) groups is 1. The van der Waals surface area contributed by atoms with E-state index in [0.717, 1.165) is 6.20 Å². The lowest BCUT2D eigenvalue weighted by Gasteiger charge is -2.22. The van der Waals surface area contributed by atoms with Crippen molar-refractivity contribution in [3.8, 4) is 0 Å². The second kappa shape index (κ2) is 6.00. The molecule has 1 aromatic carbocycles. The Morgan fingerprint density at radius 3 is 2.44 bits per heavy atom. The zero-order valence-electron chi connectivity index (χ0n) is 13.9. The van der Waals surface area contributed by atoms with Gasteiger partial charge in [0.25, 0.3) is 0 Å². The Bertz CT molecular complexity index is 1080. The molecule has 0 spiro atoms. The molecule has 2 aliphatic rings. The standard InChI is InChI=1S/C17H14F3N3O4/c18-11-10-14(23(8-1-2-8)6-9(16(10)24)17(25)26)13(20)15(12(11)19)22-4-3-7(5-22)21-27/h6,8,27H,1-5H2,(H,25,26)/b21-7-. The van der Waals surface area contributed by atoms with Crippen molar-refractivity contribution in [2.24, 2.45) is 5.16 Å². The minimum Gasteiger partial charge on any atom is -0.477 e. The van der Waals surface area contributed by atoms with Crippen molar-refractivity contribution < 1.29 is 28.3 Å². The Balaban J connectivity index is 2.07. The summed E-state index contributed by atoms with van der Waals surface area (Å²) >= 11 is 0. The van der Waals surface area contributed by atoms with E-state index in [9.17, 15) is 23.5 Å². The van der Waals surface area contributed by atoms with Gasteiger partial charge in [-0.05, 0) is 12.8 Å². The fourth-order valence-electron chi connectivity index (χ4n) is 3.47. The van der Waals surface area contributed by atoms with E-state index in [0.29, 0.717) is 12.8 Å². The van der Waals surface area contributed by atoms with E-state index in [1.807, 2.05) is 0 Å². The molecule has 0 amide bonds. The number of oxime groups is 1. The molecule has 0 atom stereocenters. The maximum absolute atomic E-state index is 15.3. The molecule has 2 fully saturated rings. The van der Waals surface area contributed by atoms with Gasteiger partial charge in [0.1, 0.15) is 11.3 Å². The third kappa shape index (κ3) is 2.54. The van der Waals surface area contributed by atoms with Crippen LogP contribution in [0, 0.1) is 17.5 Å². The summed E-state index contributed by atoms with van der Waals surface area (Å²) in [6.07, 6.45) is 2.45. The number of aromatic carboxylic acids is 1. The lowest BCUT2D eigenvalue weighted by Crippen LogP contribution is -2.26. The minimum absolute atomic E-state index is 0.0871. The molecule has 10 heteroatoms. The molecule has 2 heterocycles. The SMILES string of the molecule is O=C(O)c1cn(C2CC2)c2c(F)c(N3CC/C(=N/O)C3)c(F)c(F)c2c1=O. The van der Waals surface area contributed by atoms with Crippen molar-refractivity contribution in [3.63, 3.8) is 0 Å². The van der Waals surface area contributed by atoms with Gasteiger partial charge in [0.2, 0.25) is 5.43 Å². The third-order valence-corrected chi connectivity index (χ3v) is 4.94. The van der Waals surface area contributed by atoms with Crippen LogP contribution in [-0.4, -0.2) is 39.7 Å². The van der Waals surface area contributed by atoms with Crippen LogP contribution in [0.2, 0.25) is 0 Å². The van der Waals surface area contributed by atoms with Crippen molar-refractivity contribution >= 4 is 28.3 Å². The van der Waals surface area contributed by atoms with Gasteiger partial charge in [0.15, 0.2) is 17.5 Å². The number of nitrogens with zero attached hydrogens (tertiary/aromatic N) is 3. The maximum atomic E-state index is 15.3. The Morgan fingerprint density at radius 1 is 1.19 bits per heavy atom. The van der Waals surface area contributed by atoms with Gasteiger partial charge in [-0.3, -0.25) is 4.79 Å². The van der Waals surface area contributed by atoms with E-state index in [1.54, 1.807) is 0 Å². The molecular formula is C17H14F3N3O4. The molecule has 0 unspecified atom stereocenters. The molecule has 2 aromatic rings. The molecule has 27 heavy (non-hydrogen) atoms. The summed E-state index contributed by atoms with van der Waals surface area (Å²) in [4.78, 5) is 24.9. The molecule has 1 saturated heterocycles. The van der Waals surface area contributed by atoms with Gasteiger partial charge >= 0.3 is 5.97 Å². The summed E-state index contributed by atoms with van der Waals surface area (Å²) in [5.41, 5.74) is -2.83. The highest BCUT2D eigenvalue weighted by molar-refractivity contribution is 5.96. The van der Waals surface area contributed by atoms with E-state index in [4.69, 9.17) is 5.21 Å². The molecular weight excluding hydrogens is 367 g/mol. The van der Waals surface area contributed by atoms with Crippen molar-refractivity contribution in [2.45, 2.75) is 25.3 Å². The van der Waals surface area contributed by atoms with Crippen LogP contribution in [0.1, 0.15) is 35.7 Å². The highest BCUT2D eigenvalue weighted by atomic mass is 19.2. The number of hydrogen-bond acceptors (Lipinski definition) is 5. The molecule has 4 rings (SSSR count). The van der Waals surface area contributed by atoms with Crippen LogP contribution >= 0.6 is 0 Å². The summed E-state index contributed by atoms with van der Waals surface area (Å²) in [5, 5.41) is 20.2. The molecule has 1 saturated carbocycles. The van der Waals surface area contributed by atoms with Gasteiger partial charge in [-0.25, -0.2) is 18.0 Å². The number of fused-ring (bicyclic) bond motifs is 1. The van der Waals surface area contributed by atoms with Gasteiger partial charge in [0.05, 0.1) is 23.2 Å². The summed E-state index contributed by atoms with van der Waals surface area (Å²) in [5.74, 6) is -5.88. The average Bonchev–Trinajstić information content (AvgIpc) is 3.37. The lowest BCUT2D eigenvalue weighted by molar-refractivity contribution is 0.0694. The Labute approximate surface area is 149 Å². The first-order valence-corrected chi connectivity index (χ1v) is 8.28. The van der Waals surface area contributed by atoms with E-state index < -0.39 is 51.0 Å². The fourth-order valence-corrected chi connectivity index (χ4v) is 3.47. The minimum atomic E-state index is -1.59. The van der Waals surface area contributed by atoms with E-state index >= 15 is 4.39 Å². The Kier molecular flexibility index (Phi) is 3.86. The molecule has 1 aromatic heterocycles. The first-order chi connectivity index (χ1) is 12.8. The van der Waals surface area contributed by atoms with Gasteiger partial charge in [-0.1, -0.05) is 5.16 Å². The van der Waals surface area contributed by atoms with Crippen LogP contribution in [0.3, 0.4) is 0 Å². The van der Waals surface area contributed by atoms with Gasteiger partial charge in [-0.2, -0.15) is 0 Å². The quantitative estimate of drug-likeness (QED) is 0.484. The van der Waals surface area contributed by atoms with Crippen LogP contribution in [0.5, 0.6) is 0 Å². The summed E-state index contributed by atoms with van der Waals surface area (Å²) in [6, 6.07) is -0.286. The molecule has 1 aliphatic heterocycles. The van der Waals surface area contributed by atoms with Crippen molar-refractivity contribution in [3.05, 3.63) is 39.4 Å². The van der Waals surface area contributed by atoms with E-state index in [2.05, 4.69) is 5.16 Å². The average molecular weight is 381 g/mol. The molecule has 142 valence electrons. The number of aromatic nitrogens is 1. The zero-order chi connectivity index (χ0) is 19.5. The number of carboxylic acid groups (broad SMARTS) is 1. The maximum Gasteiger partial charge on any atom is 0.341 e. The largest absolute Gasteiger partial charge is 0.477 e. The summed E-state index contributed by atoms with van der Waals surface area (Å²) in [6.45, 7) is 0.0230. The van der Waals surface area contributed by atoms with Crippen LogP contribution in [0.4, 0.5) is 18.9 Å². The second-order valence-corrected chi connectivity index (χ2v) is 6.67. The van der Waals surface area contributed by atoms with E-state index in [-0.39, 0.29) is 31.3 Å². The molecule has 7 nitrogen and oxygen atoms in total. The molecule has 0 bridgehead atoms. The smallest absolute Gasteiger partial charge is 0.341 e. The first-order valence-electron chi connectivity index (χ1n) is 8.28. The fraction of sp³-hybridized carbons (Fsp3) is 0.353. The van der Waals surface area contributed by atoms with Crippen LogP contribution in [-0.2, 0) is 0 Å². The summed E-state index contributed by atoms with van der Waals surface area (Å²) in [7, 11) is 0. The number of rotatable bonds is 3. The number of carboxylic acids is 1. The highest BCUT2D eigenvalue weighted by Gasteiger charge is 2.34. The summed E-state index contributed by atoms with van der Waals surface area (Å²) < 4.78 is 46.0. The normalized spacial score (nSPS) is 18.6. The second-order valence-electron chi connectivity index (χ2n) is 6.67. The molecule has 2 N–H and O–H groups in total. The van der Waals surface area contributed by atoms with Crippen molar-refractivity contribution in [2.75, 3.05) is 18.0 Å². The zero-order valence-corrected chi connectivity index (χ0v) is 13.9. The number of halogens is 3. The van der Waals surface area contributed by atoms with Gasteiger partial charge in [-0.15, -0.1) is 0 Å². The van der Waals surface area contributed by atoms with Crippen LogP contribution in [0.25, 0.3) is 10.9 Å². The first kappa shape index (κ1) is 17.4. The van der Waals surface area contributed by atoms with Crippen molar-refractivity contribution in [1.82, 2.24) is 4.57 Å². The molecule has 0 radical (unpaired) electrons. The Hall–Kier alpha value is -3.04. The highest BCUT2D eigenvalue weighted by Crippen LogP contribution is 2.40. The van der Waals surface area contributed by atoms with Crippen LogP contribution in [0.15, 0.2) is 16.1 Å². The van der Waals surface area contributed by atoms with Gasteiger partial charge < -0.3 is 19.8 Å². The van der Waals surface area contributed by atoms with Crippen molar-refractivity contribution in [1.29, 1.82) is 0 Å². The third-order valence-electron chi connectivity index (χ3n) is 4.94. The number of hydrogen-bond donors (Lipinski definition) is 2. The molecule has 1 aliphatic carbocycles. The monoisotopic (exact) mass is 381 g/mol. The van der Waals surface area contributed by atoms with Gasteiger partial charge in [0, 0.05) is 25.2 Å². The Morgan fingerprint density at radius 2 is 1.89 bits per heavy atom. The predicted molar refractivity (Wildman–Crippen MR) is 89.4 cm³/mol.